The van der Waals surface area contributed by atoms with Gasteiger partial charge in [-0.15, -0.1) is 0 Å². The number of carbonyl (C=O) groups is 1. The summed E-state index contributed by atoms with van der Waals surface area (Å²) in [6, 6.07) is 13.8. The van der Waals surface area contributed by atoms with E-state index in [2.05, 4.69) is 20.8 Å². The highest BCUT2D eigenvalue weighted by Gasteiger charge is 2.08. The van der Waals surface area contributed by atoms with Crippen LogP contribution in [-0.4, -0.2) is 38.8 Å². The third-order valence-electron chi connectivity index (χ3n) is 3.62. The van der Waals surface area contributed by atoms with Crippen molar-refractivity contribution in [2.45, 2.75) is 6.92 Å². The van der Waals surface area contributed by atoms with E-state index in [1.54, 1.807) is 18.3 Å². The van der Waals surface area contributed by atoms with E-state index >= 15 is 0 Å². The van der Waals surface area contributed by atoms with Crippen LogP contribution in [0.3, 0.4) is 0 Å². The summed E-state index contributed by atoms with van der Waals surface area (Å²) < 4.78 is 7.33. The molecule has 1 aromatic heterocycles. The number of nitrogens with one attached hydrogen (secondary N) is 2. The maximum atomic E-state index is 10.9. The van der Waals surface area contributed by atoms with Crippen molar-refractivity contribution in [3.05, 3.63) is 64.4 Å². The Morgan fingerprint density at radius 2 is 2.00 bits per heavy atom. The van der Waals surface area contributed by atoms with Crippen molar-refractivity contribution < 1.29 is 14.6 Å². The average Bonchev–Trinajstić information content (AvgIpc) is 3.04. The van der Waals surface area contributed by atoms with Crippen molar-refractivity contribution in [3.63, 3.8) is 0 Å². The molecule has 3 rings (SSSR count). The molecule has 0 saturated heterocycles. The van der Waals surface area contributed by atoms with Gasteiger partial charge in [-0.05, 0) is 61.1 Å². The van der Waals surface area contributed by atoms with E-state index in [9.17, 15) is 4.79 Å². The standard InChI is InChI=1S/C18H17N5O3S/c1-2-26-15-9-7-13(8-10-15)16-20-21-18(27)23(16)22-19-11-12-3-5-14(6-4-12)17(24)25/h3-11,22H,2H2,1H3,(H,21,27)(H,24,25)/b19-11+. The van der Waals surface area contributed by atoms with Crippen molar-refractivity contribution in [3.8, 4) is 17.1 Å². The zero-order chi connectivity index (χ0) is 19.2. The van der Waals surface area contributed by atoms with E-state index in [4.69, 9.17) is 22.1 Å². The van der Waals surface area contributed by atoms with Gasteiger partial charge in [0.05, 0.1) is 18.4 Å². The van der Waals surface area contributed by atoms with E-state index in [1.165, 1.54) is 16.8 Å². The van der Waals surface area contributed by atoms with Gasteiger partial charge < -0.3 is 9.84 Å². The maximum absolute atomic E-state index is 10.9. The van der Waals surface area contributed by atoms with Crippen LogP contribution >= 0.6 is 12.2 Å². The van der Waals surface area contributed by atoms with E-state index in [0.717, 1.165) is 16.9 Å². The second kappa shape index (κ2) is 8.28. The van der Waals surface area contributed by atoms with E-state index in [1.807, 2.05) is 31.2 Å². The molecule has 3 N–H and O–H groups in total. The van der Waals surface area contributed by atoms with Gasteiger partial charge in [0.25, 0.3) is 0 Å². The zero-order valence-corrected chi connectivity index (χ0v) is 15.2. The van der Waals surface area contributed by atoms with Crippen molar-refractivity contribution in [2.75, 3.05) is 12.1 Å². The average molecular weight is 383 g/mol. The largest absolute Gasteiger partial charge is 0.494 e. The maximum Gasteiger partial charge on any atom is 0.335 e. The minimum absolute atomic E-state index is 0.218. The molecule has 0 aliphatic carbocycles. The van der Waals surface area contributed by atoms with E-state index in [-0.39, 0.29) is 5.56 Å². The van der Waals surface area contributed by atoms with Crippen LogP contribution in [-0.2, 0) is 0 Å². The van der Waals surface area contributed by atoms with Gasteiger partial charge in [0.1, 0.15) is 5.75 Å². The molecule has 0 bridgehead atoms. The molecule has 0 atom stereocenters. The number of carboxylic acid groups (broad SMARTS) is 1. The lowest BCUT2D eigenvalue weighted by Crippen LogP contribution is -2.10. The summed E-state index contributed by atoms with van der Waals surface area (Å²) in [5, 5.41) is 20.0. The molecule has 0 radical (unpaired) electrons. The van der Waals surface area contributed by atoms with Gasteiger partial charge in [-0.3, -0.25) is 0 Å². The Labute approximate surface area is 160 Å². The lowest BCUT2D eigenvalue weighted by molar-refractivity contribution is 0.0697. The fourth-order valence-electron chi connectivity index (χ4n) is 2.32. The van der Waals surface area contributed by atoms with Crippen molar-refractivity contribution in [1.82, 2.24) is 14.9 Å². The molecule has 0 fully saturated rings. The third kappa shape index (κ3) is 4.39. The van der Waals surface area contributed by atoms with Crippen LogP contribution in [0.2, 0.25) is 0 Å². The predicted octanol–water partition coefficient (Wildman–Crippen LogP) is 3.28. The van der Waals surface area contributed by atoms with Gasteiger partial charge in [-0.2, -0.15) is 14.9 Å². The highest BCUT2D eigenvalue weighted by atomic mass is 32.1. The van der Waals surface area contributed by atoms with Crippen molar-refractivity contribution >= 4 is 24.4 Å². The molecule has 138 valence electrons. The second-order valence-corrected chi connectivity index (χ2v) is 5.82. The molecule has 0 saturated carbocycles. The molecule has 0 spiro atoms. The summed E-state index contributed by atoms with van der Waals surface area (Å²) in [4.78, 5) is 10.9. The molecule has 0 aliphatic heterocycles. The van der Waals surface area contributed by atoms with Crippen LogP contribution in [0.5, 0.6) is 5.75 Å². The first-order valence-corrected chi connectivity index (χ1v) is 8.52. The van der Waals surface area contributed by atoms with Crippen LogP contribution in [0.4, 0.5) is 0 Å². The lowest BCUT2D eigenvalue weighted by atomic mass is 10.1. The summed E-state index contributed by atoms with van der Waals surface area (Å²) in [6.07, 6.45) is 1.56. The van der Waals surface area contributed by atoms with Gasteiger partial charge >= 0.3 is 5.97 Å². The number of rotatable bonds is 7. The number of aromatic amines is 1. The fraction of sp³-hybridized carbons (Fsp3) is 0.111. The molecule has 2 aromatic carbocycles. The number of nitrogens with zero attached hydrogens (tertiary/aromatic N) is 3. The predicted molar refractivity (Wildman–Crippen MR) is 104 cm³/mol. The Kier molecular flexibility index (Phi) is 5.62. The molecule has 1 heterocycles. The number of H-pyrrole nitrogens is 1. The monoisotopic (exact) mass is 383 g/mol. The van der Waals surface area contributed by atoms with Gasteiger partial charge in [-0.25, -0.2) is 15.4 Å². The Hall–Kier alpha value is -3.46. The number of hydrazone groups is 1. The third-order valence-corrected chi connectivity index (χ3v) is 3.90. The number of carboxylic acids is 1. The van der Waals surface area contributed by atoms with Gasteiger partial charge in [-0.1, -0.05) is 12.1 Å². The van der Waals surface area contributed by atoms with Crippen molar-refractivity contribution in [1.29, 1.82) is 0 Å². The molecular weight excluding hydrogens is 366 g/mol. The minimum atomic E-state index is -0.971. The molecule has 0 amide bonds. The molecule has 0 unspecified atom stereocenters. The topological polar surface area (TPSA) is 105 Å². The quantitative estimate of drug-likeness (QED) is 0.329. The summed E-state index contributed by atoms with van der Waals surface area (Å²) >= 11 is 5.23. The first kappa shape index (κ1) is 18.3. The molecule has 3 aromatic rings. The zero-order valence-electron chi connectivity index (χ0n) is 14.4. The normalized spacial score (nSPS) is 10.9. The molecule has 0 aliphatic rings. The van der Waals surface area contributed by atoms with Crippen LogP contribution in [0.25, 0.3) is 11.4 Å². The highest BCUT2D eigenvalue weighted by molar-refractivity contribution is 7.71. The highest BCUT2D eigenvalue weighted by Crippen LogP contribution is 2.20. The lowest BCUT2D eigenvalue weighted by Gasteiger charge is -2.07. The summed E-state index contributed by atoms with van der Waals surface area (Å²) in [7, 11) is 0. The first-order valence-electron chi connectivity index (χ1n) is 8.11. The molecular formula is C18H17N5O3S. The molecule has 27 heavy (non-hydrogen) atoms. The first-order chi connectivity index (χ1) is 13.1. The van der Waals surface area contributed by atoms with E-state index < -0.39 is 5.97 Å². The number of ether oxygens (including phenoxy) is 1. The Bertz CT molecular complexity index is 1010. The smallest absolute Gasteiger partial charge is 0.335 e. The molecule has 9 heteroatoms. The molecule has 8 nitrogen and oxygen atoms in total. The van der Waals surface area contributed by atoms with Crippen LogP contribution < -0.4 is 10.3 Å². The van der Waals surface area contributed by atoms with Gasteiger partial charge in [0, 0.05) is 5.56 Å². The SMILES string of the molecule is CCOc1ccc(-c2n[nH]c(=S)n2N/N=C/c2ccc(C(=O)O)cc2)cc1. The van der Waals surface area contributed by atoms with Crippen LogP contribution in [0.1, 0.15) is 22.8 Å². The number of benzene rings is 2. The number of hydrogen-bond acceptors (Lipinski definition) is 6. The minimum Gasteiger partial charge on any atom is -0.494 e. The fourth-order valence-corrected chi connectivity index (χ4v) is 2.50. The van der Waals surface area contributed by atoms with Crippen molar-refractivity contribution in [2.24, 2.45) is 5.10 Å². The summed E-state index contributed by atoms with van der Waals surface area (Å²) in [5.41, 5.74) is 4.62. The summed E-state index contributed by atoms with van der Waals surface area (Å²) in [5.74, 6) is 0.375. The Morgan fingerprint density at radius 3 is 2.63 bits per heavy atom. The Morgan fingerprint density at radius 1 is 1.30 bits per heavy atom. The number of aromatic nitrogens is 3. The summed E-state index contributed by atoms with van der Waals surface area (Å²) in [6.45, 7) is 2.53. The van der Waals surface area contributed by atoms with Crippen LogP contribution in [0, 0.1) is 4.77 Å². The number of hydrogen-bond donors (Lipinski definition) is 3. The Balaban J connectivity index is 1.76. The number of aromatic carboxylic acids is 1. The van der Waals surface area contributed by atoms with Gasteiger partial charge in [0.2, 0.25) is 4.77 Å². The van der Waals surface area contributed by atoms with Gasteiger partial charge in [0.15, 0.2) is 5.82 Å². The van der Waals surface area contributed by atoms with Crippen LogP contribution in [0.15, 0.2) is 53.6 Å². The second-order valence-electron chi connectivity index (χ2n) is 5.43. The van der Waals surface area contributed by atoms with E-state index in [0.29, 0.717) is 17.2 Å².